The second-order valence-corrected chi connectivity index (χ2v) is 9.83. The lowest BCUT2D eigenvalue weighted by Crippen LogP contribution is -2.29. The third kappa shape index (κ3) is 4.95. The fourth-order valence-electron chi connectivity index (χ4n) is 5.32. The van der Waals surface area contributed by atoms with Gasteiger partial charge in [-0.2, -0.15) is 0 Å². The molecule has 3 rings (SSSR count). The van der Waals surface area contributed by atoms with Crippen LogP contribution in [0.4, 0.5) is 0 Å². The zero-order valence-corrected chi connectivity index (χ0v) is 15.6. The molecule has 0 bridgehead atoms. The van der Waals surface area contributed by atoms with Crippen LogP contribution < -0.4 is 5.73 Å². The zero-order chi connectivity index (χ0) is 16.5. The van der Waals surface area contributed by atoms with Gasteiger partial charge in [0.2, 0.25) is 0 Å². The molecule has 0 aromatic heterocycles. The molecule has 0 amide bonds. The third-order valence-corrected chi connectivity index (χ3v) is 6.62. The first kappa shape index (κ1) is 17.3. The molecule has 0 aromatic rings. The van der Waals surface area contributed by atoms with Crippen molar-refractivity contribution in [1.29, 1.82) is 0 Å². The molecule has 2 N–H and O–H groups in total. The summed E-state index contributed by atoms with van der Waals surface area (Å²) in [4.78, 5) is 0. The molecular weight excluding hydrogens is 278 g/mol. The standard InChI is InChI=1S/C22H37N/c1-17(4-6-18-8-10-20(23)11-9-18)5-7-19-14-21(2,3)16-22(15-19)12-13-22/h4-5,7,18-20H,6,8-16,23H2,1-3H3/b7-5+,17-4+. The maximum atomic E-state index is 6.01. The lowest BCUT2D eigenvalue weighted by molar-refractivity contribution is 0.131. The molecule has 1 nitrogen and oxygen atoms in total. The fourth-order valence-corrected chi connectivity index (χ4v) is 5.32. The van der Waals surface area contributed by atoms with Crippen LogP contribution in [0.15, 0.2) is 23.8 Å². The Morgan fingerprint density at radius 1 is 1.09 bits per heavy atom. The molecule has 0 aliphatic heterocycles. The van der Waals surface area contributed by atoms with Gasteiger partial charge in [0.1, 0.15) is 0 Å². The molecule has 3 fully saturated rings. The van der Waals surface area contributed by atoms with E-state index in [1.807, 2.05) is 0 Å². The van der Waals surface area contributed by atoms with Gasteiger partial charge in [-0.15, -0.1) is 0 Å². The maximum Gasteiger partial charge on any atom is 0.00390 e. The van der Waals surface area contributed by atoms with Crippen LogP contribution in [0.2, 0.25) is 0 Å². The predicted octanol–water partition coefficient (Wildman–Crippen LogP) is 6.00. The van der Waals surface area contributed by atoms with E-state index in [9.17, 15) is 0 Å². The summed E-state index contributed by atoms with van der Waals surface area (Å²) in [7, 11) is 0. The van der Waals surface area contributed by atoms with Gasteiger partial charge < -0.3 is 5.73 Å². The molecule has 1 spiro atoms. The Labute approximate surface area is 143 Å². The van der Waals surface area contributed by atoms with Gasteiger partial charge in [0, 0.05) is 6.04 Å². The highest BCUT2D eigenvalue weighted by Crippen LogP contribution is 2.62. The van der Waals surface area contributed by atoms with Crippen LogP contribution in [-0.4, -0.2) is 6.04 Å². The summed E-state index contributed by atoms with van der Waals surface area (Å²) in [5, 5.41) is 0. The molecule has 130 valence electrons. The lowest BCUT2D eigenvalue weighted by Gasteiger charge is -2.39. The van der Waals surface area contributed by atoms with Crippen LogP contribution >= 0.6 is 0 Å². The summed E-state index contributed by atoms with van der Waals surface area (Å²) in [5.41, 5.74) is 8.75. The molecule has 23 heavy (non-hydrogen) atoms. The Bertz CT molecular complexity index is 452. The fraction of sp³-hybridized carbons (Fsp3) is 0.818. The molecule has 1 heteroatoms. The smallest absolute Gasteiger partial charge is 0.00390 e. The quantitative estimate of drug-likeness (QED) is 0.632. The van der Waals surface area contributed by atoms with Crippen LogP contribution in [0.5, 0.6) is 0 Å². The third-order valence-electron chi connectivity index (χ3n) is 6.62. The molecule has 0 aromatic carbocycles. The van der Waals surface area contributed by atoms with Crippen LogP contribution in [0.3, 0.4) is 0 Å². The Hall–Kier alpha value is -0.560. The molecule has 0 heterocycles. The second-order valence-electron chi connectivity index (χ2n) is 9.83. The van der Waals surface area contributed by atoms with Gasteiger partial charge in [-0.1, -0.05) is 37.6 Å². The average molecular weight is 316 g/mol. The predicted molar refractivity (Wildman–Crippen MR) is 100 cm³/mol. The van der Waals surface area contributed by atoms with Gasteiger partial charge in [-0.3, -0.25) is 0 Å². The van der Waals surface area contributed by atoms with Crippen molar-refractivity contribution in [3.8, 4) is 0 Å². The summed E-state index contributed by atoms with van der Waals surface area (Å²) < 4.78 is 0. The monoisotopic (exact) mass is 315 g/mol. The first-order chi connectivity index (χ1) is 10.9. The summed E-state index contributed by atoms with van der Waals surface area (Å²) in [6.07, 6.45) is 21.0. The van der Waals surface area contributed by atoms with Crippen molar-refractivity contribution in [2.24, 2.45) is 28.4 Å². The second kappa shape index (κ2) is 6.75. The molecule has 0 radical (unpaired) electrons. The first-order valence-corrected chi connectivity index (χ1v) is 9.96. The molecule has 3 saturated carbocycles. The molecule has 1 unspecified atom stereocenters. The van der Waals surface area contributed by atoms with Crippen LogP contribution in [0.25, 0.3) is 0 Å². The minimum Gasteiger partial charge on any atom is -0.328 e. The van der Waals surface area contributed by atoms with Crippen LogP contribution in [0, 0.1) is 22.7 Å². The van der Waals surface area contributed by atoms with Crippen LogP contribution in [0.1, 0.15) is 85.0 Å². The highest BCUT2D eigenvalue weighted by atomic mass is 14.6. The van der Waals surface area contributed by atoms with Crippen molar-refractivity contribution >= 4 is 0 Å². The van der Waals surface area contributed by atoms with E-state index in [1.54, 1.807) is 0 Å². The average Bonchev–Trinajstić information content (AvgIpc) is 3.21. The van der Waals surface area contributed by atoms with E-state index in [0.717, 1.165) is 17.3 Å². The van der Waals surface area contributed by atoms with E-state index >= 15 is 0 Å². The Balaban J connectivity index is 1.49. The molecule has 3 aliphatic rings. The minimum absolute atomic E-state index is 0.473. The van der Waals surface area contributed by atoms with E-state index < -0.39 is 0 Å². The first-order valence-electron chi connectivity index (χ1n) is 9.96. The van der Waals surface area contributed by atoms with E-state index in [-0.39, 0.29) is 0 Å². The number of hydrogen-bond donors (Lipinski definition) is 1. The summed E-state index contributed by atoms with van der Waals surface area (Å²) in [5.74, 6) is 1.68. The molecule has 1 atom stereocenters. The maximum absolute atomic E-state index is 6.01. The van der Waals surface area contributed by atoms with E-state index in [2.05, 4.69) is 39.0 Å². The minimum atomic E-state index is 0.473. The molecule has 3 aliphatic carbocycles. The van der Waals surface area contributed by atoms with E-state index in [0.29, 0.717) is 11.5 Å². The molecule has 0 saturated heterocycles. The van der Waals surface area contributed by atoms with Gasteiger partial charge >= 0.3 is 0 Å². The highest BCUT2D eigenvalue weighted by molar-refractivity contribution is 5.18. The van der Waals surface area contributed by atoms with Gasteiger partial charge in [0.25, 0.3) is 0 Å². The molecular formula is C22H37N. The van der Waals surface area contributed by atoms with Crippen LogP contribution in [-0.2, 0) is 0 Å². The summed E-state index contributed by atoms with van der Waals surface area (Å²) >= 11 is 0. The highest BCUT2D eigenvalue weighted by Gasteiger charge is 2.50. The van der Waals surface area contributed by atoms with Gasteiger partial charge in [-0.05, 0) is 93.8 Å². The largest absolute Gasteiger partial charge is 0.328 e. The van der Waals surface area contributed by atoms with Gasteiger partial charge in [0.15, 0.2) is 0 Å². The lowest BCUT2D eigenvalue weighted by atomic mass is 9.65. The Kier molecular flexibility index (Phi) is 5.06. The Morgan fingerprint density at radius 3 is 2.43 bits per heavy atom. The van der Waals surface area contributed by atoms with Crippen molar-refractivity contribution in [3.05, 3.63) is 23.8 Å². The SMILES string of the molecule is CC(/C=C/C1CC(C)(C)CC2(CC2)C1)=C\CC1CCC(N)CC1. The Morgan fingerprint density at radius 2 is 1.78 bits per heavy atom. The van der Waals surface area contributed by atoms with Crippen molar-refractivity contribution in [2.45, 2.75) is 91.0 Å². The van der Waals surface area contributed by atoms with Gasteiger partial charge in [-0.25, -0.2) is 0 Å². The topological polar surface area (TPSA) is 26.0 Å². The van der Waals surface area contributed by atoms with Crippen molar-refractivity contribution < 1.29 is 0 Å². The van der Waals surface area contributed by atoms with Crippen molar-refractivity contribution in [2.75, 3.05) is 0 Å². The normalized spacial score (nSPS) is 36.5. The van der Waals surface area contributed by atoms with E-state index in [1.165, 1.54) is 69.8 Å². The van der Waals surface area contributed by atoms with Crippen molar-refractivity contribution in [3.63, 3.8) is 0 Å². The number of rotatable bonds is 4. The zero-order valence-electron chi connectivity index (χ0n) is 15.6. The number of allylic oxidation sites excluding steroid dienone is 4. The van der Waals surface area contributed by atoms with Gasteiger partial charge in [0.05, 0.1) is 0 Å². The number of nitrogens with two attached hydrogens (primary N) is 1. The summed E-state index contributed by atoms with van der Waals surface area (Å²) in [6, 6.07) is 0.473. The van der Waals surface area contributed by atoms with E-state index in [4.69, 9.17) is 5.73 Å². The number of hydrogen-bond acceptors (Lipinski definition) is 1. The summed E-state index contributed by atoms with van der Waals surface area (Å²) in [6.45, 7) is 7.24. The van der Waals surface area contributed by atoms with Crippen molar-refractivity contribution in [1.82, 2.24) is 0 Å².